The summed E-state index contributed by atoms with van der Waals surface area (Å²) in [5.74, 6) is -0.00227. The van der Waals surface area contributed by atoms with E-state index in [-0.39, 0.29) is 23.3 Å². The number of nitrogens with zero attached hydrogens (tertiary/aromatic N) is 2. The van der Waals surface area contributed by atoms with Crippen molar-refractivity contribution in [2.45, 2.75) is 57.8 Å². The highest BCUT2D eigenvalue weighted by atomic mass is 16.5. The van der Waals surface area contributed by atoms with Crippen LogP contribution < -0.4 is 10.2 Å². The molecule has 5 rings (SSSR count). The number of carbonyl (C=O) groups is 1. The lowest BCUT2D eigenvalue weighted by molar-refractivity contribution is -0.401. The predicted octanol–water partition coefficient (Wildman–Crippen LogP) is 6.73. The minimum absolute atomic E-state index is 0.00227. The van der Waals surface area contributed by atoms with Gasteiger partial charge in [-0.3, -0.25) is 4.79 Å². The Morgan fingerprint density at radius 1 is 0.976 bits per heavy atom. The van der Waals surface area contributed by atoms with Crippen molar-refractivity contribution in [2.75, 3.05) is 38.8 Å². The molecule has 2 aromatic carbocycles. The van der Waals surface area contributed by atoms with Gasteiger partial charge in [-0.25, -0.2) is 0 Å². The third-order valence-electron chi connectivity index (χ3n) is 8.88. The molecule has 1 amide bonds. The van der Waals surface area contributed by atoms with Gasteiger partial charge in [0.15, 0.2) is 5.71 Å². The number of hydrogen-bond acceptors (Lipinski definition) is 3. The monoisotopic (exact) mass is 550 g/mol. The summed E-state index contributed by atoms with van der Waals surface area (Å²) in [6, 6.07) is 17.1. The third kappa shape index (κ3) is 5.60. The summed E-state index contributed by atoms with van der Waals surface area (Å²) in [5.41, 5.74) is 9.95. The van der Waals surface area contributed by atoms with Crippen LogP contribution in [0.2, 0.25) is 0 Å². The lowest BCUT2D eigenvalue weighted by Crippen LogP contribution is -2.38. The molecule has 0 unspecified atom stereocenters. The van der Waals surface area contributed by atoms with E-state index < -0.39 is 0 Å². The van der Waals surface area contributed by atoms with Crippen LogP contribution in [0.5, 0.6) is 0 Å². The SMILES string of the molecule is COCCNC(=O)CN1/C(=C/C=C2C=C(/C=C/C3=[N+](C)c4ccccc4C3(C)C)CCC/2)C(C)(C)c2ccccc21. The van der Waals surface area contributed by atoms with Gasteiger partial charge in [0.25, 0.3) is 0 Å². The molecule has 5 heteroatoms. The molecule has 0 atom stereocenters. The Labute approximate surface area is 245 Å². The number of fused-ring (bicyclic) bond motifs is 2. The normalized spacial score (nSPS) is 21.0. The number of carbonyl (C=O) groups excluding carboxylic acids is 1. The number of methoxy groups -OCH3 is 1. The second kappa shape index (κ2) is 11.7. The van der Waals surface area contributed by atoms with Crippen LogP contribution in [-0.2, 0) is 20.4 Å². The van der Waals surface area contributed by atoms with Gasteiger partial charge in [-0.1, -0.05) is 68.5 Å². The molecule has 1 aliphatic carbocycles. The maximum absolute atomic E-state index is 12.8. The summed E-state index contributed by atoms with van der Waals surface area (Å²) in [4.78, 5) is 15.0. The van der Waals surface area contributed by atoms with Gasteiger partial charge in [0.2, 0.25) is 11.6 Å². The molecule has 0 bridgehead atoms. The maximum atomic E-state index is 12.8. The molecular formula is C36H44N3O2+. The topological polar surface area (TPSA) is 44.6 Å². The summed E-state index contributed by atoms with van der Waals surface area (Å²) >= 11 is 0. The Bertz CT molecular complexity index is 1490. The lowest BCUT2D eigenvalue weighted by Gasteiger charge is -2.26. The van der Waals surface area contributed by atoms with Gasteiger partial charge in [0.1, 0.15) is 13.6 Å². The van der Waals surface area contributed by atoms with Crippen molar-refractivity contribution in [1.29, 1.82) is 0 Å². The average Bonchev–Trinajstić information content (AvgIpc) is 3.29. The van der Waals surface area contributed by atoms with Crippen LogP contribution >= 0.6 is 0 Å². The highest BCUT2D eigenvalue weighted by molar-refractivity contribution is 6.03. The second-order valence-corrected chi connectivity index (χ2v) is 12.4. The van der Waals surface area contributed by atoms with Gasteiger partial charge in [0, 0.05) is 48.2 Å². The van der Waals surface area contributed by atoms with E-state index in [0.717, 1.165) is 30.6 Å². The number of allylic oxidation sites excluding steroid dienone is 8. The fourth-order valence-electron chi connectivity index (χ4n) is 6.62. The van der Waals surface area contributed by atoms with E-state index in [1.807, 2.05) is 6.07 Å². The lowest BCUT2D eigenvalue weighted by atomic mass is 9.81. The maximum Gasteiger partial charge on any atom is 0.240 e. The predicted molar refractivity (Wildman–Crippen MR) is 169 cm³/mol. The van der Waals surface area contributed by atoms with Crippen LogP contribution in [0.1, 0.15) is 58.1 Å². The molecule has 5 nitrogen and oxygen atoms in total. The number of anilines is 1. The van der Waals surface area contributed by atoms with Crippen molar-refractivity contribution >= 4 is 23.0 Å². The number of benzene rings is 2. The number of ether oxygens (including phenoxy) is 1. The number of rotatable bonds is 8. The Morgan fingerprint density at radius 3 is 2.46 bits per heavy atom. The quantitative estimate of drug-likeness (QED) is 0.293. The summed E-state index contributed by atoms with van der Waals surface area (Å²) in [5, 5.41) is 2.98. The zero-order chi connectivity index (χ0) is 29.2. The second-order valence-electron chi connectivity index (χ2n) is 12.4. The van der Waals surface area contributed by atoms with Crippen molar-refractivity contribution in [3.63, 3.8) is 0 Å². The van der Waals surface area contributed by atoms with Crippen LogP contribution in [0.15, 0.2) is 95.8 Å². The first-order chi connectivity index (χ1) is 19.6. The van der Waals surface area contributed by atoms with E-state index in [9.17, 15) is 4.79 Å². The van der Waals surface area contributed by atoms with Gasteiger partial charge in [-0.05, 0) is 62.0 Å². The molecule has 41 heavy (non-hydrogen) atoms. The molecule has 0 saturated carbocycles. The molecular weight excluding hydrogens is 506 g/mol. The molecule has 0 radical (unpaired) electrons. The molecule has 0 spiro atoms. The molecule has 0 saturated heterocycles. The average molecular weight is 551 g/mol. The van der Waals surface area contributed by atoms with Gasteiger partial charge in [0.05, 0.1) is 12.0 Å². The van der Waals surface area contributed by atoms with Crippen molar-refractivity contribution in [3.8, 4) is 0 Å². The van der Waals surface area contributed by atoms with Crippen LogP contribution in [-0.4, -0.2) is 50.0 Å². The van der Waals surface area contributed by atoms with Gasteiger partial charge >= 0.3 is 0 Å². The van der Waals surface area contributed by atoms with E-state index in [1.165, 1.54) is 33.7 Å². The zero-order valence-electron chi connectivity index (χ0n) is 25.5. The van der Waals surface area contributed by atoms with Gasteiger partial charge < -0.3 is 15.0 Å². The van der Waals surface area contributed by atoms with E-state index in [1.54, 1.807) is 7.11 Å². The van der Waals surface area contributed by atoms with Crippen LogP contribution in [0.4, 0.5) is 11.4 Å². The molecule has 0 fully saturated rings. The fourth-order valence-corrected chi connectivity index (χ4v) is 6.62. The van der Waals surface area contributed by atoms with Gasteiger partial charge in [-0.2, -0.15) is 4.58 Å². The Balaban J connectivity index is 1.40. The summed E-state index contributed by atoms with van der Waals surface area (Å²) in [6.45, 7) is 10.4. The van der Waals surface area contributed by atoms with E-state index in [0.29, 0.717) is 13.2 Å². The highest BCUT2D eigenvalue weighted by Crippen LogP contribution is 2.47. The number of nitrogens with one attached hydrogen (secondary N) is 1. The smallest absolute Gasteiger partial charge is 0.240 e. The number of hydrogen-bond donors (Lipinski definition) is 1. The van der Waals surface area contributed by atoms with Crippen molar-refractivity contribution in [1.82, 2.24) is 5.32 Å². The largest absolute Gasteiger partial charge is 0.383 e. The van der Waals surface area contributed by atoms with Crippen molar-refractivity contribution in [3.05, 3.63) is 107 Å². The first-order valence-electron chi connectivity index (χ1n) is 14.8. The molecule has 3 aliphatic rings. The molecule has 214 valence electrons. The molecule has 1 N–H and O–H groups in total. The molecule has 0 aromatic heterocycles. The summed E-state index contributed by atoms with van der Waals surface area (Å²) in [6.07, 6.45) is 14.7. The van der Waals surface area contributed by atoms with E-state index in [2.05, 4.69) is 122 Å². The third-order valence-corrected chi connectivity index (χ3v) is 8.88. The fraction of sp³-hybridized carbons (Fsp3) is 0.389. The van der Waals surface area contributed by atoms with Crippen molar-refractivity contribution < 1.29 is 14.1 Å². The molecule has 2 heterocycles. The van der Waals surface area contributed by atoms with Crippen LogP contribution in [0.25, 0.3) is 0 Å². The number of para-hydroxylation sites is 2. The molecule has 2 aliphatic heterocycles. The zero-order valence-corrected chi connectivity index (χ0v) is 25.5. The van der Waals surface area contributed by atoms with E-state index in [4.69, 9.17) is 4.74 Å². The Kier molecular flexibility index (Phi) is 8.19. The summed E-state index contributed by atoms with van der Waals surface area (Å²) < 4.78 is 7.43. The molecule has 2 aromatic rings. The summed E-state index contributed by atoms with van der Waals surface area (Å²) in [7, 11) is 3.82. The Morgan fingerprint density at radius 2 is 1.71 bits per heavy atom. The van der Waals surface area contributed by atoms with E-state index >= 15 is 0 Å². The standard InChI is InChI=1S/C36H43N3O2/c1-35(2)28-14-7-9-16-30(28)38(5)32(35)20-18-26-12-11-13-27(24-26)19-21-33-36(3,4)29-15-8-10-17-31(29)39(33)25-34(40)37-22-23-41-6/h7-10,14-21,24H,11-13,22-23,25H2,1-6H3/p+1. The number of amides is 1. The minimum Gasteiger partial charge on any atom is -0.383 e. The first-order valence-corrected chi connectivity index (χ1v) is 14.8. The van der Waals surface area contributed by atoms with Crippen LogP contribution in [0, 0.1) is 0 Å². The Hall–Kier alpha value is -3.70. The van der Waals surface area contributed by atoms with Crippen molar-refractivity contribution in [2.24, 2.45) is 0 Å². The minimum atomic E-state index is -0.203. The highest BCUT2D eigenvalue weighted by Gasteiger charge is 2.43. The van der Waals surface area contributed by atoms with Crippen LogP contribution in [0.3, 0.4) is 0 Å². The first kappa shape index (κ1) is 28.8. The van der Waals surface area contributed by atoms with Gasteiger partial charge in [-0.15, -0.1) is 0 Å².